The Morgan fingerprint density at radius 3 is 2.64 bits per heavy atom. The molecular formula is C18H24O4. The summed E-state index contributed by atoms with van der Waals surface area (Å²) in [5.41, 5.74) is 0.483. The molecule has 0 amide bonds. The highest BCUT2D eigenvalue weighted by Gasteiger charge is 2.51. The minimum absolute atomic E-state index is 0.227. The number of carbonyl (C=O) groups excluding carboxylic acids is 2. The third-order valence-electron chi connectivity index (χ3n) is 4.40. The second-order valence-corrected chi connectivity index (χ2v) is 5.85. The topological polar surface area (TPSA) is 52.6 Å². The molecule has 1 fully saturated rings. The minimum atomic E-state index is -0.697. The van der Waals surface area contributed by atoms with Gasteiger partial charge in [0.1, 0.15) is 11.5 Å². The molecule has 22 heavy (non-hydrogen) atoms. The largest absolute Gasteiger partial charge is 0.465 e. The van der Waals surface area contributed by atoms with Gasteiger partial charge in [0.25, 0.3) is 0 Å². The second kappa shape index (κ2) is 7.43. The molecule has 1 aromatic carbocycles. The fourth-order valence-corrected chi connectivity index (χ4v) is 3.32. The number of hydrogen-bond donors (Lipinski definition) is 0. The maximum atomic E-state index is 12.6. The van der Waals surface area contributed by atoms with Crippen molar-refractivity contribution in [3.05, 3.63) is 35.9 Å². The fourth-order valence-electron chi connectivity index (χ4n) is 3.32. The van der Waals surface area contributed by atoms with Crippen LogP contribution < -0.4 is 0 Å². The van der Waals surface area contributed by atoms with Crippen molar-refractivity contribution in [3.8, 4) is 0 Å². The number of esters is 2. The van der Waals surface area contributed by atoms with Gasteiger partial charge in [-0.15, -0.1) is 0 Å². The molecule has 0 saturated heterocycles. The van der Waals surface area contributed by atoms with E-state index in [4.69, 9.17) is 9.47 Å². The first-order chi connectivity index (χ1) is 10.6. The van der Waals surface area contributed by atoms with Gasteiger partial charge in [0, 0.05) is 6.92 Å². The summed E-state index contributed by atoms with van der Waals surface area (Å²) in [5.74, 6) is -0.560. The van der Waals surface area contributed by atoms with E-state index in [1.165, 1.54) is 12.5 Å². The van der Waals surface area contributed by atoms with Crippen LogP contribution in [0.4, 0.5) is 0 Å². The van der Waals surface area contributed by atoms with Crippen molar-refractivity contribution in [2.24, 2.45) is 5.41 Å². The molecule has 0 N–H and O–H groups in total. The van der Waals surface area contributed by atoms with Crippen LogP contribution in [0.15, 0.2) is 30.3 Å². The number of carbonyl (C=O) groups is 2. The van der Waals surface area contributed by atoms with Crippen LogP contribution in [0, 0.1) is 5.41 Å². The lowest BCUT2D eigenvalue weighted by molar-refractivity contribution is -0.169. The van der Waals surface area contributed by atoms with Gasteiger partial charge in [-0.05, 0) is 44.6 Å². The van der Waals surface area contributed by atoms with Crippen LogP contribution in [0.2, 0.25) is 0 Å². The Labute approximate surface area is 131 Å². The lowest BCUT2D eigenvalue weighted by Gasteiger charge is -2.32. The fraction of sp³-hybridized carbons (Fsp3) is 0.556. The molecule has 120 valence electrons. The quantitative estimate of drug-likeness (QED) is 0.757. The Hall–Kier alpha value is -1.84. The van der Waals surface area contributed by atoms with Crippen molar-refractivity contribution >= 4 is 11.9 Å². The zero-order valence-electron chi connectivity index (χ0n) is 13.3. The highest BCUT2D eigenvalue weighted by molar-refractivity contribution is 5.79. The van der Waals surface area contributed by atoms with E-state index in [0.29, 0.717) is 13.0 Å². The van der Waals surface area contributed by atoms with E-state index in [1.807, 2.05) is 18.2 Å². The molecule has 0 bridgehead atoms. The third-order valence-corrected chi connectivity index (χ3v) is 4.40. The molecule has 1 aliphatic carbocycles. The van der Waals surface area contributed by atoms with Crippen LogP contribution >= 0.6 is 0 Å². The molecule has 1 aromatic rings. The van der Waals surface area contributed by atoms with Crippen molar-refractivity contribution < 1.29 is 19.1 Å². The average Bonchev–Trinajstić information content (AvgIpc) is 2.90. The third kappa shape index (κ3) is 3.67. The summed E-state index contributed by atoms with van der Waals surface area (Å²) in [7, 11) is 0. The number of benzene rings is 1. The molecule has 0 aliphatic heterocycles. The maximum absolute atomic E-state index is 12.6. The molecule has 2 rings (SSSR count). The van der Waals surface area contributed by atoms with Crippen molar-refractivity contribution in [2.45, 2.75) is 52.1 Å². The monoisotopic (exact) mass is 304 g/mol. The molecule has 0 aromatic heterocycles. The summed E-state index contributed by atoms with van der Waals surface area (Å²) in [5, 5.41) is 0. The van der Waals surface area contributed by atoms with Crippen molar-refractivity contribution in [3.63, 3.8) is 0 Å². The van der Waals surface area contributed by atoms with Crippen LogP contribution in [0.5, 0.6) is 0 Å². The van der Waals surface area contributed by atoms with Crippen LogP contribution in [0.3, 0.4) is 0 Å². The summed E-state index contributed by atoms with van der Waals surface area (Å²) in [6.45, 7) is 3.54. The smallest absolute Gasteiger partial charge is 0.315 e. The van der Waals surface area contributed by atoms with E-state index in [9.17, 15) is 9.59 Å². The maximum Gasteiger partial charge on any atom is 0.315 e. The Balaban J connectivity index is 2.17. The number of rotatable bonds is 6. The Bertz CT molecular complexity index is 511. The highest BCUT2D eigenvalue weighted by Crippen LogP contribution is 2.45. The van der Waals surface area contributed by atoms with E-state index in [2.05, 4.69) is 12.1 Å². The molecule has 4 heteroatoms. The molecule has 2 unspecified atom stereocenters. The van der Waals surface area contributed by atoms with E-state index in [0.717, 1.165) is 25.7 Å². The zero-order valence-corrected chi connectivity index (χ0v) is 13.3. The van der Waals surface area contributed by atoms with Crippen LogP contribution in [0.1, 0.15) is 45.1 Å². The number of hydrogen-bond acceptors (Lipinski definition) is 4. The predicted octanol–water partition coefficient (Wildman–Crippen LogP) is 3.28. The van der Waals surface area contributed by atoms with Gasteiger partial charge in [0.05, 0.1) is 6.61 Å². The standard InChI is InChI=1S/C18H24O4/c1-3-21-17(20)18(12-7-10-16(18)22-14(2)19)13-11-15-8-5-4-6-9-15/h4-6,8-9,16H,3,7,10-13H2,1-2H3. The summed E-state index contributed by atoms with van der Waals surface area (Å²) in [6.07, 6.45) is 3.38. The van der Waals surface area contributed by atoms with Crippen LogP contribution in [-0.2, 0) is 25.5 Å². The summed E-state index contributed by atoms with van der Waals surface area (Å²) >= 11 is 0. The lowest BCUT2D eigenvalue weighted by atomic mass is 9.78. The first-order valence-electron chi connectivity index (χ1n) is 7.97. The van der Waals surface area contributed by atoms with E-state index >= 15 is 0 Å². The van der Waals surface area contributed by atoms with Crippen molar-refractivity contribution in [2.75, 3.05) is 6.61 Å². The lowest BCUT2D eigenvalue weighted by Crippen LogP contribution is -2.42. The molecule has 0 spiro atoms. The van der Waals surface area contributed by atoms with Crippen molar-refractivity contribution in [1.82, 2.24) is 0 Å². The molecular weight excluding hydrogens is 280 g/mol. The zero-order chi connectivity index (χ0) is 16.0. The number of aryl methyl sites for hydroxylation is 1. The Morgan fingerprint density at radius 2 is 2.00 bits per heavy atom. The molecule has 1 aliphatic rings. The van der Waals surface area contributed by atoms with E-state index < -0.39 is 5.41 Å². The van der Waals surface area contributed by atoms with Gasteiger partial charge in [0.2, 0.25) is 0 Å². The summed E-state index contributed by atoms with van der Waals surface area (Å²) in [4.78, 5) is 23.9. The first kappa shape index (κ1) is 16.5. The van der Waals surface area contributed by atoms with Gasteiger partial charge < -0.3 is 9.47 Å². The van der Waals surface area contributed by atoms with Gasteiger partial charge in [-0.2, -0.15) is 0 Å². The van der Waals surface area contributed by atoms with E-state index in [1.54, 1.807) is 6.92 Å². The number of ether oxygens (including phenoxy) is 2. The van der Waals surface area contributed by atoms with Crippen LogP contribution in [-0.4, -0.2) is 24.6 Å². The molecule has 1 saturated carbocycles. The van der Waals surface area contributed by atoms with Gasteiger partial charge in [-0.3, -0.25) is 9.59 Å². The summed E-state index contributed by atoms with van der Waals surface area (Å²) in [6, 6.07) is 10.1. The minimum Gasteiger partial charge on any atom is -0.465 e. The SMILES string of the molecule is CCOC(=O)C1(CCc2ccccc2)CCCC1OC(C)=O. The average molecular weight is 304 g/mol. The van der Waals surface area contributed by atoms with Gasteiger partial charge >= 0.3 is 11.9 Å². The second-order valence-electron chi connectivity index (χ2n) is 5.85. The first-order valence-corrected chi connectivity index (χ1v) is 7.97. The van der Waals surface area contributed by atoms with Gasteiger partial charge in [-0.1, -0.05) is 30.3 Å². The van der Waals surface area contributed by atoms with Gasteiger partial charge in [-0.25, -0.2) is 0 Å². The predicted molar refractivity (Wildman–Crippen MR) is 83.2 cm³/mol. The highest BCUT2D eigenvalue weighted by atomic mass is 16.6. The Morgan fingerprint density at radius 1 is 1.27 bits per heavy atom. The normalized spacial score (nSPS) is 24.0. The molecule has 0 heterocycles. The van der Waals surface area contributed by atoms with Crippen molar-refractivity contribution in [1.29, 1.82) is 0 Å². The Kier molecular flexibility index (Phi) is 5.58. The van der Waals surface area contributed by atoms with Crippen LogP contribution in [0.25, 0.3) is 0 Å². The molecule has 4 nitrogen and oxygen atoms in total. The van der Waals surface area contributed by atoms with E-state index in [-0.39, 0.29) is 18.0 Å². The van der Waals surface area contributed by atoms with Gasteiger partial charge in [0.15, 0.2) is 0 Å². The molecule has 2 atom stereocenters. The molecule has 0 radical (unpaired) electrons. The summed E-state index contributed by atoms with van der Waals surface area (Å²) < 4.78 is 10.7.